The Bertz CT molecular complexity index is 1050. The molecule has 172 valence electrons. The normalized spacial score (nSPS) is 15.3. The number of methoxy groups -OCH3 is 1. The summed E-state index contributed by atoms with van der Waals surface area (Å²) in [5.74, 6) is -1.00. The molecule has 0 atom stereocenters. The van der Waals surface area contributed by atoms with Gasteiger partial charge in [0.05, 0.1) is 29.1 Å². The van der Waals surface area contributed by atoms with Gasteiger partial charge >= 0.3 is 5.97 Å². The number of benzene rings is 2. The van der Waals surface area contributed by atoms with Gasteiger partial charge in [-0.05, 0) is 49.4 Å². The molecule has 2 aromatic carbocycles. The number of amides is 1. The van der Waals surface area contributed by atoms with Crippen molar-refractivity contribution in [1.29, 1.82) is 0 Å². The smallest absolute Gasteiger partial charge is 0.337 e. The lowest BCUT2D eigenvalue weighted by Gasteiger charge is -2.30. The third-order valence-corrected chi connectivity index (χ3v) is 7.86. The Kier molecular flexibility index (Phi) is 8.28. The van der Waals surface area contributed by atoms with Gasteiger partial charge in [-0.25, -0.2) is 17.5 Å². The van der Waals surface area contributed by atoms with E-state index >= 15 is 0 Å². The number of piperidine rings is 1. The molecule has 7 nitrogen and oxygen atoms in total. The van der Waals surface area contributed by atoms with Crippen molar-refractivity contribution in [3.05, 3.63) is 64.7 Å². The predicted octanol–water partition coefficient (Wildman–Crippen LogP) is 3.74. The molecule has 1 heterocycles. The first kappa shape index (κ1) is 24.2. The van der Waals surface area contributed by atoms with Crippen molar-refractivity contribution in [3.8, 4) is 0 Å². The van der Waals surface area contributed by atoms with Gasteiger partial charge in [0.25, 0.3) is 0 Å². The van der Waals surface area contributed by atoms with Crippen LogP contribution in [-0.2, 0) is 26.0 Å². The molecule has 0 saturated carbocycles. The van der Waals surface area contributed by atoms with E-state index in [2.05, 4.69) is 5.32 Å². The Morgan fingerprint density at radius 3 is 2.47 bits per heavy atom. The van der Waals surface area contributed by atoms with E-state index in [0.717, 1.165) is 5.56 Å². The monoisotopic (exact) mass is 478 g/mol. The van der Waals surface area contributed by atoms with Gasteiger partial charge in [0.1, 0.15) is 0 Å². The SMILES string of the molecule is COC(=O)c1ccc(Cl)c(NC(=O)C2CCN(S(=O)(=O)CCCc3ccccc3)CC2)c1. The van der Waals surface area contributed by atoms with Gasteiger partial charge in [0.15, 0.2) is 0 Å². The summed E-state index contributed by atoms with van der Waals surface area (Å²) >= 11 is 6.15. The lowest BCUT2D eigenvalue weighted by atomic mass is 9.97. The molecule has 1 amide bonds. The summed E-state index contributed by atoms with van der Waals surface area (Å²) in [6, 6.07) is 14.3. The van der Waals surface area contributed by atoms with Crippen LogP contribution < -0.4 is 5.32 Å². The van der Waals surface area contributed by atoms with Crippen molar-refractivity contribution in [1.82, 2.24) is 4.31 Å². The van der Waals surface area contributed by atoms with E-state index in [1.165, 1.54) is 29.6 Å². The maximum Gasteiger partial charge on any atom is 0.337 e. The summed E-state index contributed by atoms with van der Waals surface area (Å²) in [6.45, 7) is 0.614. The van der Waals surface area contributed by atoms with Gasteiger partial charge in [-0.2, -0.15) is 0 Å². The molecule has 0 bridgehead atoms. The highest BCUT2D eigenvalue weighted by atomic mass is 35.5. The van der Waals surface area contributed by atoms with E-state index in [-0.39, 0.29) is 23.1 Å². The molecule has 32 heavy (non-hydrogen) atoms. The van der Waals surface area contributed by atoms with Crippen molar-refractivity contribution < 1.29 is 22.7 Å². The van der Waals surface area contributed by atoms with Crippen LogP contribution in [0.15, 0.2) is 48.5 Å². The van der Waals surface area contributed by atoms with Crippen molar-refractivity contribution in [2.24, 2.45) is 5.92 Å². The topological polar surface area (TPSA) is 92.8 Å². The van der Waals surface area contributed by atoms with Crippen LogP contribution >= 0.6 is 11.6 Å². The second-order valence-corrected chi connectivity index (χ2v) is 10.2. The minimum atomic E-state index is -3.36. The first-order valence-electron chi connectivity index (χ1n) is 10.5. The number of hydrogen-bond donors (Lipinski definition) is 1. The van der Waals surface area contributed by atoms with Crippen molar-refractivity contribution in [2.45, 2.75) is 25.7 Å². The fraction of sp³-hybridized carbons (Fsp3) is 0.391. The summed E-state index contributed by atoms with van der Waals surface area (Å²) in [7, 11) is -2.08. The molecule has 1 aliphatic rings. The zero-order valence-electron chi connectivity index (χ0n) is 17.9. The third kappa shape index (κ3) is 6.31. The van der Waals surface area contributed by atoms with Crippen LogP contribution in [0.4, 0.5) is 5.69 Å². The van der Waals surface area contributed by atoms with Gasteiger partial charge < -0.3 is 10.1 Å². The maximum absolute atomic E-state index is 12.7. The lowest BCUT2D eigenvalue weighted by Crippen LogP contribution is -2.42. The number of carbonyl (C=O) groups excluding carboxylic acids is 2. The van der Waals surface area contributed by atoms with Crippen LogP contribution in [0.3, 0.4) is 0 Å². The lowest BCUT2D eigenvalue weighted by molar-refractivity contribution is -0.120. The Hall–Kier alpha value is -2.42. The summed E-state index contributed by atoms with van der Waals surface area (Å²) in [4.78, 5) is 24.4. The van der Waals surface area contributed by atoms with E-state index in [1.54, 1.807) is 0 Å². The summed E-state index contributed by atoms with van der Waals surface area (Å²) in [5.41, 5.74) is 1.73. The molecular formula is C23H27ClN2O5S. The molecule has 1 aliphatic heterocycles. The van der Waals surface area contributed by atoms with Crippen LogP contribution in [0, 0.1) is 5.92 Å². The largest absolute Gasteiger partial charge is 0.465 e. The molecule has 1 saturated heterocycles. The fourth-order valence-corrected chi connectivity index (χ4v) is 5.43. The minimum Gasteiger partial charge on any atom is -0.465 e. The van der Waals surface area contributed by atoms with Crippen LogP contribution in [0.25, 0.3) is 0 Å². The number of anilines is 1. The standard InChI is InChI=1S/C23H27ClN2O5S/c1-31-23(28)19-9-10-20(24)21(16-19)25-22(27)18-11-13-26(14-12-18)32(29,30)15-5-8-17-6-3-2-4-7-17/h2-4,6-7,9-10,16,18H,5,8,11-15H2,1H3,(H,25,27). The molecule has 0 spiro atoms. The Labute approximate surface area is 193 Å². The number of aryl methyl sites for hydroxylation is 1. The molecule has 2 aromatic rings. The van der Waals surface area contributed by atoms with E-state index < -0.39 is 16.0 Å². The van der Waals surface area contributed by atoms with Crippen molar-refractivity contribution in [3.63, 3.8) is 0 Å². The fourth-order valence-electron chi connectivity index (χ4n) is 3.73. The first-order chi connectivity index (χ1) is 15.3. The number of hydrogen-bond acceptors (Lipinski definition) is 5. The molecule has 0 unspecified atom stereocenters. The van der Waals surface area contributed by atoms with Gasteiger partial charge in [-0.3, -0.25) is 4.79 Å². The maximum atomic E-state index is 12.7. The highest BCUT2D eigenvalue weighted by Gasteiger charge is 2.31. The molecule has 0 radical (unpaired) electrons. The Morgan fingerprint density at radius 2 is 1.81 bits per heavy atom. The van der Waals surface area contributed by atoms with E-state index in [9.17, 15) is 18.0 Å². The van der Waals surface area contributed by atoms with Crippen LogP contribution in [0.2, 0.25) is 5.02 Å². The van der Waals surface area contributed by atoms with E-state index in [4.69, 9.17) is 16.3 Å². The van der Waals surface area contributed by atoms with E-state index in [1.807, 2.05) is 30.3 Å². The minimum absolute atomic E-state index is 0.0920. The number of halogens is 1. The number of rotatable bonds is 8. The summed E-state index contributed by atoms with van der Waals surface area (Å²) in [5, 5.41) is 3.07. The Morgan fingerprint density at radius 1 is 1.12 bits per heavy atom. The van der Waals surface area contributed by atoms with Gasteiger partial charge in [-0.1, -0.05) is 41.9 Å². The highest BCUT2D eigenvalue weighted by Crippen LogP contribution is 2.27. The van der Waals surface area contributed by atoms with Gasteiger partial charge in [0, 0.05) is 19.0 Å². The summed E-state index contributed by atoms with van der Waals surface area (Å²) < 4.78 is 31.5. The van der Waals surface area contributed by atoms with Crippen molar-refractivity contribution >= 4 is 39.2 Å². The Balaban J connectivity index is 1.51. The van der Waals surface area contributed by atoms with Gasteiger partial charge in [-0.15, -0.1) is 0 Å². The number of sulfonamides is 1. The average molecular weight is 479 g/mol. The number of ether oxygens (including phenoxy) is 1. The summed E-state index contributed by atoms with van der Waals surface area (Å²) in [6.07, 6.45) is 2.13. The molecule has 1 N–H and O–H groups in total. The molecule has 3 rings (SSSR count). The molecule has 0 aliphatic carbocycles. The number of carbonyl (C=O) groups is 2. The molecular weight excluding hydrogens is 452 g/mol. The second-order valence-electron chi connectivity index (χ2n) is 7.75. The zero-order valence-corrected chi connectivity index (χ0v) is 19.5. The van der Waals surface area contributed by atoms with Crippen molar-refractivity contribution in [2.75, 3.05) is 31.3 Å². The quantitative estimate of drug-likeness (QED) is 0.583. The molecule has 9 heteroatoms. The molecule has 1 fully saturated rings. The zero-order chi connectivity index (χ0) is 23.1. The first-order valence-corrected chi connectivity index (χ1v) is 12.5. The number of nitrogens with zero attached hydrogens (tertiary/aromatic N) is 1. The number of esters is 1. The van der Waals surface area contributed by atoms with Gasteiger partial charge in [0.2, 0.25) is 15.9 Å². The number of nitrogens with one attached hydrogen (secondary N) is 1. The second kappa shape index (κ2) is 10.9. The highest BCUT2D eigenvalue weighted by molar-refractivity contribution is 7.89. The average Bonchev–Trinajstić information content (AvgIpc) is 2.80. The van der Waals surface area contributed by atoms with E-state index in [0.29, 0.717) is 49.5 Å². The van der Waals surface area contributed by atoms with Crippen LogP contribution in [-0.4, -0.2) is 50.6 Å². The predicted molar refractivity (Wildman–Crippen MR) is 124 cm³/mol. The molecule has 0 aromatic heterocycles. The third-order valence-electron chi connectivity index (χ3n) is 5.57. The van der Waals surface area contributed by atoms with Crippen LogP contribution in [0.1, 0.15) is 35.2 Å². The van der Waals surface area contributed by atoms with Crippen LogP contribution in [0.5, 0.6) is 0 Å².